The summed E-state index contributed by atoms with van der Waals surface area (Å²) in [6.45, 7) is 2.15. The molecule has 0 fully saturated rings. The first-order valence-corrected chi connectivity index (χ1v) is 6.73. The number of rotatable bonds is 4. The lowest BCUT2D eigenvalue weighted by molar-refractivity contribution is 0.613. The Hall–Kier alpha value is -0.260. The summed E-state index contributed by atoms with van der Waals surface area (Å²) in [6.07, 6.45) is 0. The molecule has 1 aromatic rings. The first kappa shape index (κ1) is 12.8. The van der Waals surface area contributed by atoms with Crippen LogP contribution in [0.3, 0.4) is 0 Å². The van der Waals surface area contributed by atoms with E-state index in [0.29, 0.717) is 16.6 Å². The predicted octanol–water partition coefficient (Wildman–Crippen LogP) is 2.18. The first-order valence-electron chi connectivity index (χ1n) is 4.55. The van der Waals surface area contributed by atoms with E-state index in [1.54, 1.807) is 19.1 Å². The van der Waals surface area contributed by atoms with Gasteiger partial charge >= 0.3 is 0 Å². The van der Waals surface area contributed by atoms with Crippen molar-refractivity contribution >= 4 is 26.7 Å². The monoisotopic (exact) mass is 293 g/mol. The zero-order valence-electron chi connectivity index (χ0n) is 8.37. The fourth-order valence-electron chi connectivity index (χ4n) is 1.04. The second-order valence-electron chi connectivity index (χ2n) is 3.31. The van der Waals surface area contributed by atoms with Gasteiger partial charge in [-0.15, -0.1) is 0 Å². The minimum atomic E-state index is -1.11. The summed E-state index contributed by atoms with van der Waals surface area (Å²) in [5.74, 6) is -0.112. The van der Waals surface area contributed by atoms with Gasteiger partial charge in [-0.05, 0) is 19.1 Å². The van der Waals surface area contributed by atoms with Gasteiger partial charge in [0.25, 0.3) is 0 Å². The van der Waals surface area contributed by atoms with Gasteiger partial charge in [-0.3, -0.25) is 4.21 Å². The Labute approximate surface area is 99.6 Å². The second kappa shape index (κ2) is 5.72. The highest BCUT2D eigenvalue weighted by Crippen LogP contribution is 2.17. The van der Waals surface area contributed by atoms with Crippen molar-refractivity contribution in [1.82, 2.24) is 0 Å². The molecule has 2 atom stereocenters. The molecule has 2 N–H and O–H groups in total. The van der Waals surface area contributed by atoms with Crippen LogP contribution in [0.5, 0.6) is 0 Å². The first-order chi connectivity index (χ1) is 7.04. The van der Waals surface area contributed by atoms with E-state index in [-0.39, 0.29) is 16.8 Å². The van der Waals surface area contributed by atoms with Crippen LogP contribution in [0.1, 0.15) is 12.5 Å². The fraction of sp³-hybridized carbons (Fsp3) is 0.400. The summed E-state index contributed by atoms with van der Waals surface area (Å²) in [6, 6.07) is 4.75. The van der Waals surface area contributed by atoms with Crippen LogP contribution in [0, 0.1) is 5.82 Å². The zero-order chi connectivity index (χ0) is 11.4. The molecule has 0 saturated heterocycles. The molecule has 0 aliphatic heterocycles. The van der Waals surface area contributed by atoms with E-state index in [1.165, 1.54) is 6.07 Å². The zero-order valence-corrected chi connectivity index (χ0v) is 10.8. The summed E-state index contributed by atoms with van der Waals surface area (Å²) in [4.78, 5) is 0. The summed E-state index contributed by atoms with van der Waals surface area (Å²) >= 11 is 3.17. The SMILES string of the molecule is CC(CN)S(=O)Cc1ccc(Br)cc1F. The summed E-state index contributed by atoms with van der Waals surface area (Å²) in [5.41, 5.74) is 5.86. The van der Waals surface area contributed by atoms with Crippen LogP contribution in [0.25, 0.3) is 0 Å². The van der Waals surface area contributed by atoms with E-state index in [2.05, 4.69) is 15.9 Å². The van der Waals surface area contributed by atoms with Crippen molar-refractivity contribution in [2.24, 2.45) is 5.73 Å². The lowest BCUT2D eigenvalue weighted by atomic mass is 10.2. The minimum Gasteiger partial charge on any atom is -0.329 e. The third-order valence-corrected chi connectivity index (χ3v) is 4.27. The average molecular weight is 294 g/mol. The molecule has 0 saturated carbocycles. The molecule has 1 rings (SSSR count). The van der Waals surface area contributed by atoms with Gasteiger partial charge in [0.2, 0.25) is 0 Å². The van der Waals surface area contributed by atoms with Crippen molar-refractivity contribution in [1.29, 1.82) is 0 Å². The van der Waals surface area contributed by atoms with Crippen LogP contribution < -0.4 is 5.73 Å². The molecule has 0 heterocycles. The van der Waals surface area contributed by atoms with Crippen LogP contribution in [-0.2, 0) is 16.6 Å². The van der Waals surface area contributed by atoms with Crippen molar-refractivity contribution in [2.45, 2.75) is 17.9 Å². The maximum absolute atomic E-state index is 13.4. The van der Waals surface area contributed by atoms with Gasteiger partial charge in [-0.25, -0.2) is 4.39 Å². The van der Waals surface area contributed by atoms with E-state index in [0.717, 1.165) is 0 Å². The van der Waals surface area contributed by atoms with Crippen LogP contribution >= 0.6 is 15.9 Å². The molecule has 0 aliphatic carbocycles. The number of benzene rings is 1. The molecule has 0 aromatic heterocycles. The Morgan fingerprint density at radius 2 is 2.27 bits per heavy atom. The molecular formula is C10H13BrFNOS. The molecule has 0 amide bonds. The van der Waals surface area contributed by atoms with Crippen LogP contribution in [-0.4, -0.2) is 16.0 Å². The van der Waals surface area contributed by atoms with E-state index < -0.39 is 10.8 Å². The smallest absolute Gasteiger partial charge is 0.128 e. The van der Waals surface area contributed by atoms with Gasteiger partial charge < -0.3 is 5.73 Å². The Bertz CT molecular complexity index is 372. The van der Waals surface area contributed by atoms with E-state index in [1.807, 2.05) is 0 Å². The van der Waals surface area contributed by atoms with Crippen LogP contribution in [0.2, 0.25) is 0 Å². The highest BCUT2D eigenvalue weighted by molar-refractivity contribution is 9.10. The molecule has 0 spiro atoms. The molecule has 0 radical (unpaired) electrons. The summed E-state index contributed by atoms with van der Waals surface area (Å²) < 4.78 is 25.7. The normalized spacial score (nSPS) is 14.9. The van der Waals surface area contributed by atoms with Crippen molar-refractivity contribution in [3.05, 3.63) is 34.1 Å². The summed E-state index contributed by atoms with van der Waals surface area (Å²) in [7, 11) is -1.11. The average Bonchev–Trinajstić information content (AvgIpc) is 2.20. The largest absolute Gasteiger partial charge is 0.329 e. The standard InChI is InChI=1S/C10H13BrFNOS/c1-7(5-13)15(14)6-8-2-3-9(11)4-10(8)12/h2-4,7H,5-6,13H2,1H3. The van der Waals surface area contributed by atoms with Crippen molar-refractivity contribution in [3.63, 3.8) is 0 Å². The topological polar surface area (TPSA) is 43.1 Å². The summed E-state index contributed by atoms with van der Waals surface area (Å²) in [5, 5.41) is -0.104. The van der Waals surface area contributed by atoms with Crippen molar-refractivity contribution < 1.29 is 8.60 Å². The number of hydrogen-bond donors (Lipinski definition) is 1. The Balaban J connectivity index is 2.77. The lowest BCUT2D eigenvalue weighted by Crippen LogP contribution is -2.23. The molecule has 2 nitrogen and oxygen atoms in total. The molecule has 0 aliphatic rings. The number of hydrogen-bond acceptors (Lipinski definition) is 2. The highest BCUT2D eigenvalue weighted by Gasteiger charge is 2.12. The van der Waals surface area contributed by atoms with Gasteiger partial charge in [0.15, 0.2) is 0 Å². The Morgan fingerprint density at radius 1 is 1.60 bits per heavy atom. The van der Waals surface area contributed by atoms with Crippen LogP contribution in [0.4, 0.5) is 4.39 Å². The maximum Gasteiger partial charge on any atom is 0.128 e. The van der Waals surface area contributed by atoms with Gasteiger partial charge in [0, 0.05) is 32.6 Å². The lowest BCUT2D eigenvalue weighted by Gasteiger charge is -2.09. The maximum atomic E-state index is 13.4. The van der Waals surface area contributed by atoms with Gasteiger partial charge in [-0.1, -0.05) is 22.0 Å². The minimum absolute atomic E-state index is 0.104. The van der Waals surface area contributed by atoms with Gasteiger partial charge in [-0.2, -0.15) is 0 Å². The second-order valence-corrected chi connectivity index (χ2v) is 6.08. The van der Waals surface area contributed by atoms with Crippen LogP contribution in [0.15, 0.2) is 22.7 Å². The number of nitrogens with two attached hydrogens (primary N) is 1. The molecule has 2 unspecified atom stereocenters. The molecular weight excluding hydrogens is 281 g/mol. The Kier molecular flexibility index (Phi) is 4.89. The van der Waals surface area contributed by atoms with E-state index >= 15 is 0 Å². The quantitative estimate of drug-likeness (QED) is 0.925. The molecule has 1 aromatic carbocycles. The Morgan fingerprint density at radius 3 is 2.80 bits per heavy atom. The highest BCUT2D eigenvalue weighted by atomic mass is 79.9. The van der Waals surface area contributed by atoms with E-state index in [9.17, 15) is 8.60 Å². The molecule has 15 heavy (non-hydrogen) atoms. The molecule has 0 bridgehead atoms. The van der Waals surface area contributed by atoms with E-state index in [4.69, 9.17) is 5.73 Å². The predicted molar refractivity (Wildman–Crippen MR) is 64.5 cm³/mol. The van der Waals surface area contributed by atoms with Gasteiger partial charge in [0.1, 0.15) is 5.82 Å². The fourth-order valence-corrected chi connectivity index (χ4v) is 2.41. The third kappa shape index (κ3) is 3.66. The van der Waals surface area contributed by atoms with Crippen molar-refractivity contribution in [3.8, 4) is 0 Å². The number of halogens is 2. The molecule has 5 heteroatoms. The molecule has 84 valence electrons. The van der Waals surface area contributed by atoms with Crippen molar-refractivity contribution in [2.75, 3.05) is 6.54 Å². The third-order valence-electron chi connectivity index (χ3n) is 2.09. The van der Waals surface area contributed by atoms with Gasteiger partial charge in [0.05, 0.1) is 5.75 Å².